The summed E-state index contributed by atoms with van der Waals surface area (Å²) in [4.78, 5) is 22.7. The summed E-state index contributed by atoms with van der Waals surface area (Å²) < 4.78 is 5.11. The second-order valence-electron chi connectivity index (χ2n) is 4.13. The summed E-state index contributed by atoms with van der Waals surface area (Å²) in [5, 5.41) is 2.60. The smallest absolute Gasteiger partial charge is 0.410 e. The van der Waals surface area contributed by atoms with Crippen LogP contribution in [0.3, 0.4) is 0 Å². The van der Waals surface area contributed by atoms with Crippen LogP contribution in [0.5, 0.6) is 5.75 Å². The van der Waals surface area contributed by atoms with Gasteiger partial charge in [0.05, 0.1) is 6.42 Å². The molecular formula is C15H14N2O3. The Bertz CT molecular complexity index is 612. The van der Waals surface area contributed by atoms with Crippen LogP contribution in [0.2, 0.25) is 0 Å². The maximum Gasteiger partial charge on any atom is 0.417 e. The molecule has 0 saturated heterocycles. The normalized spacial score (nSPS) is 9.80. The highest BCUT2D eigenvalue weighted by atomic mass is 16.6. The molecule has 5 heteroatoms. The van der Waals surface area contributed by atoms with Gasteiger partial charge >= 0.3 is 6.09 Å². The number of nitrogens with one attached hydrogen (secondary N) is 1. The Balaban J connectivity index is 2.06. The molecule has 2 aromatic rings. The monoisotopic (exact) mass is 270 g/mol. The Labute approximate surface area is 116 Å². The number of hydrogen-bond donors (Lipinski definition) is 2. The molecule has 0 radical (unpaired) electrons. The second-order valence-corrected chi connectivity index (χ2v) is 4.13. The number of hydrogen-bond acceptors (Lipinski definition) is 3. The number of ether oxygens (including phenoxy) is 1. The van der Waals surface area contributed by atoms with Crippen LogP contribution in [0, 0.1) is 0 Å². The predicted octanol–water partition coefficient (Wildman–Crippen LogP) is 2.33. The Morgan fingerprint density at radius 2 is 1.65 bits per heavy atom. The molecule has 0 aliphatic heterocycles. The van der Waals surface area contributed by atoms with Crippen molar-refractivity contribution in [1.29, 1.82) is 0 Å². The van der Waals surface area contributed by atoms with Gasteiger partial charge in [0.25, 0.3) is 0 Å². The molecule has 0 aliphatic carbocycles. The van der Waals surface area contributed by atoms with Gasteiger partial charge in [0, 0.05) is 5.69 Å². The third kappa shape index (κ3) is 3.84. The maximum absolute atomic E-state index is 11.8. The third-order valence-corrected chi connectivity index (χ3v) is 2.57. The molecule has 0 heterocycles. The van der Waals surface area contributed by atoms with E-state index in [1.54, 1.807) is 48.5 Å². The lowest BCUT2D eigenvalue weighted by Gasteiger charge is -2.10. The van der Waals surface area contributed by atoms with Gasteiger partial charge in [-0.2, -0.15) is 0 Å². The number of anilines is 1. The van der Waals surface area contributed by atoms with Crippen LogP contribution in [0.15, 0.2) is 54.6 Å². The topological polar surface area (TPSA) is 81.4 Å². The molecule has 20 heavy (non-hydrogen) atoms. The number of benzene rings is 2. The van der Waals surface area contributed by atoms with Crippen molar-refractivity contribution >= 4 is 17.7 Å². The Morgan fingerprint density at radius 1 is 1.00 bits per heavy atom. The van der Waals surface area contributed by atoms with Crippen LogP contribution in [0.4, 0.5) is 10.5 Å². The van der Waals surface area contributed by atoms with Gasteiger partial charge in [0.1, 0.15) is 5.75 Å². The van der Waals surface area contributed by atoms with E-state index in [0.717, 1.165) is 0 Å². The Hall–Kier alpha value is -2.82. The molecule has 2 rings (SSSR count). The zero-order chi connectivity index (χ0) is 14.4. The minimum absolute atomic E-state index is 0.0573. The lowest BCUT2D eigenvalue weighted by atomic mass is 10.1. The van der Waals surface area contributed by atoms with Crippen molar-refractivity contribution < 1.29 is 14.3 Å². The van der Waals surface area contributed by atoms with E-state index in [0.29, 0.717) is 17.0 Å². The first-order valence-corrected chi connectivity index (χ1v) is 6.05. The molecule has 0 spiro atoms. The average molecular weight is 270 g/mol. The van der Waals surface area contributed by atoms with Crippen LogP contribution in [-0.4, -0.2) is 12.0 Å². The van der Waals surface area contributed by atoms with Gasteiger partial charge in [-0.25, -0.2) is 4.79 Å². The highest BCUT2D eigenvalue weighted by Crippen LogP contribution is 2.16. The van der Waals surface area contributed by atoms with Gasteiger partial charge in [-0.05, 0) is 23.8 Å². The molecule has 0 aliphatic rings. The fourth-order valence-electron chi connectivity index (χ4n) is 1.72. The van der Waals surface area contributed by atoms with Crippen molar-refractivity contribution in [1.82, 2.24) is 0 Å². The van der Waals surface area contributed by atoms with Gasteiger partial charge < -0.3 is 10.5 Å². The molecule has 0 atom stereocenters. The highest BCUT2D eigenvalue weighted by Gasteiger charge is 2.09. The summed E-state index contributed by atoms with van der Waals surface area (Å²) in [7, 11) is 0. The number of primary amides is 1. The first-order chi connectivity index (χ1) is 9.65. The predicted molar refractivity (Wildman–Crippen MR) is 75.4 cm³/mol. The average Bonchev–Trinajstić information content (AvgIpc) is 2.41. The first-order valence-electron chi connectivity index (χ1n) is 6.05. The molecule has 2 amide bonds. The summed E-state index contributed by atoms with van der Waals surface area (Å²) in [6, 6.07) is 15.6. The minimum Gasteiger partial charge on any atom is -0.410 e. The van der Waals surface area contributed by atoms with Crippen LogP contribution in [-0.2, 0) is 11.2 Å². The SMILES string of the molecule is NC(=O)Cc1ccccc1NC(=O)Oc1ccccc1. The molecule has 2 aromatic carbocycles. The minimum atomic E-state index is -0.617. The van der Waals surface area contributed by atoms with E-state index < -0.39 is 12.0 Å². The van der Waals surface area contributed by atoms with E-state index in [2.05, 4.69) is 5.32 Å². The van der Waals surface area contributed by atoms with Crippen LogP contribution in [0.1, 0.15) is 5.56 Å². The molecule has 0 unspecified atom stereocenters. The summed E-state index contributed by atoms with van der Waals surface area (Å²) in [5.74, 6) is -0.0203. The summed E-state index contributed by atoms with van der Waals surface area (Å²) in [6.07, 6.45) is -0.560. The number of rotatable bonds is 4. The molecule has 0 saturated carbocycles. The van der Waals surface area contributed by atoms with Gasteiger partial charge in [0.2, 0.25) is 5.91 Å². The Morgan fingerprint density at radius 3 is 2.35 bits per heavy atom. The number of para-hydroxylation sites is 2. The van der Waals surface area contributed by atoms with Gasteiger partial charge in [-0.3, -0.25) is 10.1 Å². The quantitative estimate of drug-likeness (QED) is 0.894. The highest BCUT2D eigenvalue weighted by molar-refractivity contribution is 5.88. The first kappa shape index (κ1) is 13.6. The summed E-state index contributed by atoms with van der Waals surface area (Å²) in [5.41, 5.74) is 6.32. The van der Waals surface area contributed by atoms with Gasteiger partial charge in [-0.15, -0.1) is 0 Å². The Kier molecular flexibility index (Phi) is 4.34. The van der Waals surface area contributed by atoms with Gasteiger partial charge in [0.15, 0.2) is 0 Å². The second kappa shape index (κ2) is 6.38. The molecule has 5 nitrogen and oxygen atoms in total. The number of carbonyl (C=O) groups is 2. The van der Waals surface area contributed by atoms with Crippen molar-refractivity contribution in [2.45, 2.75) is 6.42 Å². The van der Waals surface area contributed by atoms with E-state index in [1.165, 1.54) is 0 Å². The number of amides is 2. The van der Waals surface area contributed by atoms with Crippen molar-refractivity contribution in [3.63, 3.8) is 0 Å². The fraction of sp³-hybridized carbons (Fsp3) is 0.0667. The standard InChI is InChI=1S/C15H14N2O3/c16-14(18)10-11-6-4-5-9-13(11)17-15(19)20-12-7-2-1-3-8-12/h1-9H,10H2,(H2,16,18)(H,17,19). The molecule has 0 bridgehead atoms. The number of nitrogens with two attached hydrogens (primary N) is 1. The molecule has 0 aromatic heterocycles. The largest absolute Gasteiger partial charge is 0.417 e. The molecule has 3 N–H and O–H groups in total. The zero-order valence-electron chi connectivity index (χ0n) is 10.7. The fourth-order valence-corrected chi connectivity index (χ4v) is 1.72. The lowest BCUT2D eigenvalue weighted by molar-refractivity contribution is -0.117. The van der Waals surface area contributed by atoms with Crippen LogP contribution >= 0.6 is 0 Å². The van der Waals surface area contributed by atoms with Crippen molar-refractivity contribution in [2.24, 2.45) is 5.73 Å². The van der Waals surface area contributed by atoms with E-state index in [4.69, 9.17) is 10.5 Å². The number of carbonyl (C=O) groups excluding carboxylic acids is 2. The molecule has 0 fully saturated rings. The summed E-state index contributed by atoms with van der Waals surface area (Å²) in [6.45, 7) is 0. The third-order valence-electron chi connectivity index (χ3n) is 2.57. The maximum atomic E-state index is 11.8. The van der Waals surface area contributed by atoms with Crippen LogP contribution < -0.4 is 15.8 Å². The van der Waals surface area contributed by atoms with E-state index in [1.807, 2.05) is 6.07 Å². The van der Waals surface area contributed by atoms with E-state index >= 15 is 0 Å². The zero-order valence-corrected chi connectivity index (χ0v) is 10.7. The van der Waals surface area contributed by atoms with E-state index in [-0.39, 0.29) is 6.42 Å². The lowest BCUT2D eigenvalue weighted by Crippen LogP contribution is -2.20. The molecular weight excluding hydrogens is 256 g/mol. The van der Waals surface area contributed by atoms with Crippen molar-refractivity contribution in [2.75, 3.05) is 5.32 Å². The van der Waals surface area contributed by atoms with Gasteiger partial charge in [-0.1, -0.05) is 36.4 Å². The van der Waals surface area contributed by atoms with Crippen molar-refractivity contribution in [3.8, 4) is 5.75 Å². The molecule has 102 valence electrons. The van der Waals surface area contributed by atoms with Crippen LogP contribution in [0.25, 0.3) is 0 Å². The van der Waals surface area contributed by atoms with E-state index in [9.17, 15) is 9.59 Å². The van der Waals surface area contributed by atoms with Crippen molar-refractivity contribution in [3.05, 3.63) is 60.2 Å². The summed E-state index contributed by atoms with van der Waals surface area (Å²) >= 11 is 0.